The van der Waals surface area contributed by atoms with Crippen LogP contribution in [0.4, 0.5) is 0 Å². The first kappa shape index (κ1) is 19.3. The van der Waals surface area contributed by atoms with E-state index in [1.54, 1.807) is 0 Å². The molecule has 0 aromatic carbocycles. The Bertz CT molecular complexity index is 227. The minimum absolute atomic E-state index is 0. The number of hydrogen-bond donors (Lipinski definition) is 0. The maximum atomic E-state index is 11.0. The molecule has 0 bridgehead atoms. The zero-order chi connectivity index (χ0) is 11.6. The molecule has 0 N–H and O–H groups in total. The quantitative estimate of drug-likeness (QED) is 0.344. The molecule has 0 aromatic heterocycles. The van der Waals surface area contributed by atoms with Gasteiger partial charge >= 0.3 is 29.6 Å². The summed E-state index contributed by atoms with van der Waals surface area (Å²) in [5.41, 5.74) is 0. The summed E-state index contributed by atoms with van der Waals surface area (Å²) in [6.07, 6.45) is 9.27. The molecule has 0 saturated carbocycles. The monoisotopic (exact) mass is 260 g/mol. The van der Waals surface area contributed by atoms with Crippen LogP contribution >= 0.6 is 0 Å². The first-order valence-electron chi connectivity index (χ1n) is 5.90. The van der Waals surface area contributed by atoms with Gasteiger partial charge in [-0.15, -0.1) is 0 Å². The van der Waals surface area contributed by atoms with E-state index in [0.717, 1.165) is 19.3 Å². The summed E-state index contributed by atoms with van der Waals surface area (Å²) in [6, 6.07) is 0. The second kappa shape index (κ2) is 12.4. The van der Waals surface area contributed by atoms with Crippen molar-refractivity contribution in [3.05, 3.63) is 0 Å². The zero-order valence-corrected chi connectivity index (χ0v) is 10.8. The van der Waals surface area contributed by atoms with Crippen molar-refractivity contribution in [1.29, 1.82) is 0 Å². The van der Waals surface area contributed by atoms with Crippen LogP contribution in [0.1, 0.15) is 58.3 Å². The van der Waals surface area contributed by atoms with Crippen molar-refractivity contribution in [1.82, 2.24) is 0 Å². The molecule has 0 radical (unpaired) electrons. The molecule has 0 heterocycles. The van der Waals surface area contributed by atoms with E-state index in [2.05, 4.69) is 11.1 Å². The van der Waals surface area contributed by atoms with Crippen molar-refractivity contribution in [3.63, 3.8) is 0 Å². The predicted molar refractivity (Wildman–Crippen MR) is 70.6 cm³/mol. The molecule has 0 aliphatic carbocycles. The van der Waals surface area contributed by atoms with Crippen LogP contribution in [-0.2, 0) is 14.3 Å². The Labute approximate surface area is 123 Å². The normalized spacial score (nSPS) is 11.1. The van der Waals surface area contributed by atoms with Crippen molar-refractivity contribution in [2.45, 2.75) is 58.3 Å². The number of unbranched alkanes of at least 4 members (excludes halogenated alkanes) is 7. The molecule has 5 heteroatoms. The Morgan fingerprint density at radius 2 is 1.31 bits per heavy atom. The van der Waals surface area contributed by atoms with Crippen molar-refractivity contribution in [2.24, 2.45) is 0 Å². The first-order valence-corrected chi connectivity index (χ1v) is 7.48. The van der Waals surface area contributed by atoms with Gasteiger partial charge in [0.2, 0.25) is 0 Å². The van der Waals surface area contributed by atoms with E-state index >= 15 is 0 Å². The number of hydrogen-bond acceptors (Lipinski definition) is 3. The molecule has 0 saturated heterocycles. The fraction of sp³-hybridized carbons (Fsp3) is 1.00. The maximum absolute atomic E-state index is 11.0. The summed E-state index contributed by atoms with van der Waals surface area (Å²) in [6.45, 7) is 2.20. The fourth-order valence-corrected chi connectivity index (χ4v) is 2.22. The third-order valence-corrected chi connectivity index (χ3v) is 3.80. The van der Waals surface area contributed by atoms with Crippen molar-refractivity contribution >= 4 is 39.7 Å². The van der Waals surface area contributed by atoms with Crippen LogP contribution in [0.2, 0.25) is 0 Å². The fourth-order valence-electron chi connectivity index (χ4n) is 1.50. The van der Waals surface area contributed by atoms with Crippen molar-refractivity contribution in [2.75, 3.05) is 12.9 Å². The molecule has 0 spiro atoms. The summed E-state index contributed by atoms with van der Waals surface area (Å²) in [4.78, 5) is 0. The van der Waals surface area contributed by atoms with Crippen molar-refractivity contribution in [3.8, 4) is 0 Å². The van der Waals surface area contributed by atoms with E-state index in [4.69, 9.17) is 0 Å². The molecule has 0 fully saturated rings. The second-order valence-corrected chi connectivity index (χ2v) is 5.76. The van der Waals surface area contributed by atoms with Crippen LogP contribution in [0.3, 0.4) is 0 Å². The average Bonchev–Trinajstić information content (AvgIpc) is 2.22. The van der Waals surface area contributed by atoms with Crippen LogP contribution in [0.15, 0.2) is 0 Å². The molecule has 16 heavy (non-hydrogen) atoms. The summed E-state index contributed by atoms with van der Waals surface area (Å²) in [7, 11) is -2.00. The van der Waals surface area contributed by atoms with Crippen molar-refractivity contribution < 1.29 is 12.6 Å². The number of rotatable bonds is 10. The van der Waals surface area contributed by atoms with Gasteiger partial charge in [0.15, 0.2) is 0 Å². The third kappa shape index (κ3) is 13.0. The molecular weight excluding hydrogens is 235 g/mol. The molecule has 94 valence electrons. The molecule has 0 rings (SSSR count). The minimum atomic E-state index is -3.22. The van der Waals surface area contributed by atoms with Gasteiger partial charge in [0.05, 0.1) is 12.9 Å². The van der Waals surface area contributed by atoms with E-state index in [9.17, 15) is 8.42 Å². The van der Waals surface area contributed by atoms with E-state index < -0.39 is 10.1 Å². The summed E-state index contributed by atoms with van der Waals surface area (Å²) >= 11 is 0. The van der Waals surface area contributed by atoms with Crippen LogP contribution < -0.4 is 0 Å². The van der Waals surface area contributed by atoms with Gasteiger partial charge < -0.3 is 0 Å². The summed E-state index contributed by atoms with van der Waals surface area (Å²) < 4.78 is 26.3. The van der Waals surface area contributed by atoms with Gasteiger partial charge in [0, 0.05) is 0 Å². The Kier molecular flexibility index (Phi) is 14.9. The molecule has 0 amide bonds. The van der Waals surface area contributed by atoms with Gasteiger partial charge in [-0.25, -0.2) is 0 Å². The van der Waals surface area contributed by atoms with Gasteiger partial charge in [-0.2, -0.15) is 8.42 Å². The van der Waals surface area contributed by atoms with Crippen LogP contribution in [-0.4, -0.2) is 50.8 Å². The van der Waals surface area contributed by atoms with Gasteiger partial charge in [0.1, 0.15) is 0 Å². The van der Waals surface area contributed by atoms with Crippen LogP contribution in [0.5, 0.6) is 0 Å². The van der Waals surface area contributed by atoms with Crippen LogP contribution in [0, 0.1) is 0 Å². The Balaban J connectivity index is 0. The van der Waals surface area contributed by atoms with Crippen LogP contribution in [0.25, 0.3) is 0 Å². The van der Waals surface area contributed by atoms with Gasteiger partial charge in [-0.3, -0.25) is 4.18 Å². The molecule has 0 aromatic rings. The average molecular weight is 260 g/mol. The first-order chi connectivity index (χ1) is 7.12. The molecule has 3 nitrogen and oxygen atoms in total. The van der Waals surface area contributed by atoms with Gasteiger partial charge in [-0.1, -0.05) is 51.9 Å². The van der Waals surface area contributed by atoms with Gasteiger partial charge in [0.25, 0.3) is 10.1 Å². The molecule has 0 aliphatic heterocycles. The molecular formula is C11H25NaO3S. The van der Waals surface area contributed by atoms with E-state index in [-0.39, 0.29) is 35.3 Å². The molecule has 0 unspecified atom stereocenters. The predicted octanol–water partition coefficient (Wildman–Crippen LogP) is 2.45. The zero-order valence-electron chi connectivity index (χ0n) is 10.00. The summed E-state index contributed by atoms with van der Waals surface area (Å²) in [5, 5.41) is 0. The Morgan fingerprint density at radius 1 is 0.875 bits per heavy atom. The second-order valence-electron chi connectivity index (χ2n) is 3.90. The van der Waals surface area contributed by atoms with E-state index in [1.165, 1.54) is 39.2 Å². The van der Waals surface area contributed by atoms with E-state index in [1.807, 2.05) is 0 Å². The molecule has 0 atom stereocenters. The van der Waals surface area contributed by atoms with Gasteiger partial charge in [-0.05, 0) is 6.42 Å². The van der Waals surface area contributed by atoms with E-state index in [0.29, 0.717) is 0 Å². The standard InChI is InChI=1S/C11H24O3S.Na.H/c1-3-4-5-6-7-8-9-10-11-15(12,13)14-2;;/h3-11H2,1-2H3;;. The Hall–Kier alpha value is 0.910. The Morgan fingerprint density at radius 3 is 1.75 bits per heavy atom. The molecule has 0 aliphatic rings. The summed E-state index contributed by atoms with van der Waals surface area (Å²) in [5.74, 6) is 0.165. The SMILES string of the molecule is CCCCCCCCCCS(=O)(=O)OC.[NaH]. The topological polar surface area (TPSA) is 43.4 Å². The third-order valence-electron chi connectivity index (χ3n) is 2.50.